The van der Waals surface area contributed by atoms with Gasteiger partial charge in [-0.05, 0) is 37.7 Å². The monoisotopic (exact) mass is 444 g/mol. The third kappa shape index (κ3) is 6.38. The second-order valence-corrected chi connectivity index (χ2v) is 8.87. The minimum atomic E-state index is -0.326. The normalized spacial score (nSPS) is 16.4. The highest BCUT2D eigenvalue weighted by Crippen LogP contribution is 2.21. The van der Waals surface area contributed by atoms with Crippen LogP contribution in [0.3, 0.4) is 0 Å². The van der Waals surface area contributed by atoms with E-state index < -0.39 is 0 Å². The average molecular weight is 445 g/mol. The van der Waals surface area contributed by atoms with Crippen molar-refractivity contribution in [2.75, 3.05) is 44.4 Å². The van der Waals surface area contributed by atoms with Gasteiger partial charge in [0.1, 0.15) is 5.69 Å². The van der Waals surface area contributed by atoms with Gasteiger partial charge in [0.05, 0.1) is 39.1 Å². The Morgan fingerprint density at radius 2 is 2.00 bits per heavy atom. The van der Waals surface area contributed by atoms with Crippen LogP contribution in [0.2, 0.25) is 0 Å². The van der Waals surface area contributed by atoms with Crippen molar-refractivity contribution in [1.82, 2.24) is 14.8 Å². The summed E-state index contributed by atoms with van der Waals surface area (Å²) < 4.78 is 3.82. The predicted octanol–water partition coefficient (Wildman–Crippen LogP) is 1.78. The maximum atomic E-state index is 12.1. The van der Waals surface area contributed by atoms with Crippen molar-refractivity contribution < 1.29 is 14.2 Å². The number of benzene rings is 1. The molecular weight excluding hydrogens is 414 g/mol. The maximum absolute atomic E-state index is 12.1. The van der Waals surface area contributed by atoms with E-state index in [-0.39, 0.29) is 23.6 Å². The molecular formula is C21H30N7O2S+. The van der Waals surface area contributed by atoms with E-state index in [1.807, 2.05) is 78.9 Å². The minimum absolute atomic E-state index is 0.0660. The zero-order chi connectivity index (χ0) is 22.4. The Morgan fingerprint density at radius 1 is 1.26 bits per heavy atom. The minimum Gasteiger partial charge on any atom is -0.373 e. The molecule has 1 fully saturated rings. The third-order valence-electron chi connectivity index (χ3n) is 5.19. The molecule has 0 aliphatic carbocycles. The highest BCUT2D eigenvalue weighted by atomic mass is 32.2. The third-order valence-corrected chi connectivity index (χ3v) is 6.20. The van der Waals surface area contributed by atoms with E-state index in [2.05, 4.69) is 20.4 Å². The number of nitrogens with zero attached hydrogens (tertiary/aromatic N) is 6. The number of carbonyl (C=O) groups excluding carboxylic acids is 2. The number of hydrogen-bond donors (Lipinski definition) is 1. The predicted molar refractivity (Wildman–Crippen MR) is 122 cm³/mol. The number of azo groups is 1. The number of thioether (sulfide) groups is 1. The number of aryl methyl sites for hydroxylation is 2. The van der Waals surface area contributed by atoms with Crippen molar-refractivity contribution in [1.29, 1.82) is 0 Å². The molecule has 1 amide bonds. The van der Waals surface area contributed by atoms with Gasteiger partial charge in [0.2, 0.25) is 11.0 Å². The van der Waals surface area contributed by atoms with Crippen LogP contribution in [-0.2, 0) is 23.7 Å². The Hall–Kier alpha value is -2.72. The Balaban J connectivity index is 1.45. The molecule has 9 nitrogen and oxygen atoms in total. The molecule has 3 rings (SSSR count). The Bertz CT molecular complexity index is 922. The molecule has 2 aromatic rings. The molecule has 0 saturated carbocycles. The number of likely N-dealkylation sites (N-methyl/N-ethyl adjacent to an activating group) is 2. The van der Waals surface area contributed by atoms with Gasteiger partial charge in [-0.15, -0.1) is 0 Å². The summed E-state index contributed by atoms with van der Waals surface area (Å²) in [7, 11) is 7.79. The van der Waals surface area contributed by atoms with Crippen molar-refractivity contribution in [3.63, 3.8) is 0 Å². The Morgan fingerprint density at radius 3 is 2.61 bits per heavy atom. The van der Waals surface area contributed by atoms with Gasteiger partial charge in [0.25, 0.3) is 0 Å². The van der Waals surface area contributed by atoms with E-state index >= 15 is 0 Å². The van der Waals surface area contributed by atoms with E-state index in [9.17, 15) is 9.59 Å². The summed E-state index contributed by atoms with van der Waals surface area (Å²) in [6, 6.07) is 7.57. The van der Waals surface area contributed by atoms with Crippen molar-refractivity contribution in [2.45, 2.75) is 12.5 Å². The van der Waals surface area contributed by atoms with E-state index in [1.54, 1.807) is 0 Å². The van der Waals surface area contributed by atoms with Crippen LogP contribution < -0.4 is 14.8 Å². The highest BCUT2D eigenvalue weighted by Gasteiger charge is 2.26. The number of nitrogens with one attached hydrogen (secondary N) is 1. The van der Waals surface area contributed by atoms with Crippen LogP contribution in [0.1, 0.15) is 6.42 Å². The van der Waals surface area contributed by atoms with Crippen LogP contribution in [0.4, 0.5) is 17.3 Å². The number of anilines is 1. The van der Waals surface area contributed by atoms with Crippen molar-refractivity contribution in [2.24, 2.45) is 24.3 Å². The molecule has 1 aliphatic rings. The first-order chi connectivity index (χ1) is 14.8. The molecule has 1 aromatic carbocycles. The average Bonchev–Trinajstić information content (AvgIpc) is 3.29. The summed E-state index contributed by atoms with van der Waals surface area (Å²) in [5, 5.41) is 11.5. The number of rotatable bonds is 9. The van der Waals surface area contributed by atoms with E-state index in [4.69, 9.17) is 0 Å². The van der Waals surface area contributed by atoms with E-state index in [1.165, 1.54) is 11.8 Å². The lowest BCUT2D eigenvalue weighted by Crippen LogP contribution is -2.43. The molecule has 0 spiro atoms. The number of hydrogen-bond acceptors (Lipinski definition) is 7. The zero-order valence-corrected chi connectivity index (χ0v) is 19.3. The topological polar surface area (TPSA) is 86.2 Å². The van der Waals surface area contributed by atoms with Crippen molar-refractivity contribution in [3.8, 4) is 0 Å². The van der Waals surface area contributed by atoms with Crippen molar-refractivity contribution in [3.05, 3.63) is 36.7 Å². The molecule has 166 valence electrons. The molecule has 0 radical (unpaired) electrons. The standard InChI is InChI=1S/C21H29N7O2S/c1-25(15-19(29)22-18-9-14-31-20(18)30)10-11-26(2)17-7-5-16(6-8-17)23-24-21-27(3)12-13-28(21)4/h5-8,12-13,18H,9-11,14-15H2,1-4H3/p+1. The first-order valence-corrected chi connectivity index (χ1v) is 11.2. The maximum Gasteiger partial charge on any atom is 0.421 e. The number of aromatic nitrogens is 2. The largest absolute Gasteiger partial charge is 0.421 e. The summed E-state index contributed by atoms with van der Waals surface area (Å²) in [6.07, 6.45) is 4.58. The summed E-state index contributed by atoms with van der Waals surface area (Å²) in [5.41, 5.74) is 1.85. The quantitative estimate of drug-likeness (QED) is 0.471. The molecule has 1 aromatic heterocycles. The van der Waals surface area contributed by atoms with Gasteiger partial charge in [0.15, 0.2) is 0 Å². The highest BCUT2D eigenvalue weighted by molar-refractivity contribution is 8.14. The fraction of sp³-hybridized carbons (Fsp3) is 0.476. The molecule has 2 heterocycles. The SMILES string of the molecule is CN(CCN(C)c1ccc(/N=N/c2n(C)cc[n+]2C)cc1)CC(=O)NC1CCSC1=O. The lowest BCUT2D eigenvalue weighted by atomic mass is 10.2. The van der Waals surface area contributed by atoms with Gasteiger partial charge in [0, 0.05) is 36.7 Å². The van der Waals surface area contributed by atoms with Crippen LogP contribution in [0.15, 0.2) is 46.9 Å². The lowest BCUT2D eigenvalue weighted by molar-refractivity contribution is -0.657. The molecule has 1 atom stereocenters. The van der Waals surface area contributed by atoms with Crippen LogP contribution in [-0.4, -0.2) is 66.0 Å². The van der Waals surface area contributed by atoms with Gasteiger partial charge >= 0.3 is 5.95 Å². The molecule has 1 unspecified atom stereocenters. The summed E-state index contributed by atoms with van der Waals surface area (Å²) >= 11 is 1.29. The lowest BCUT2D eigenvalue weighted by Gasteiger charge is -2.23. The Kier molecular flexibility index (Phi) is 7.80. The molecule has 31 heavy (non-hydrogen) atoms. The zero-order valence-electron chi connectivity index (χ0n) is 18.5. The molecule has 0 bridgehead atoms. The van der Waals surface area contributed by atoms with Gasteiger partial charge in [-0.25, -0.2) is 9.13 Å². The van der Waals surface area contributed by atoms with Crippen molar-refractivity contribution >= 4 is 40.1 Å². The first kappa shape index (κ1) is 23.0. The van der Waals surface area contributed by atoms with Gasteiger partial charge in [-0.3, -0.25) is 14.5 Å². The fourth-order valence-corrected chi connectivity index (χ4v) is 4.17. The number of imidazole rings is 1. The number of amides is 1. The first-order valence-electron chi connectivity index (χ1n) is 10.2. The smallest absolute Gasteiger partial charge is 0.373 e. The van der Waals surface area contributed by atoms with Crippen LogP contribution >= 0.6 is 11.8 Å². The van der Waals surface area contributed by atoms with Gasteiger partial charge in [-0.1, -0.05) is 16.9 Å². The van der Waals surface area contributed by atoms with Crippen LogP contribution in [0.5, 0.6) is 0 Å². The van der Waals surface area contributed by atoms with Gasteiger partial charge < -0.3 is 10.2 Å². The Labute approximate surface area is 187 Å². The second kappa shape index (κ2) is 10.5. The van der Waals surface area contributed by atoms with Crippen LogP contribution in [0.25, 0.3) is 0 Å². The summed E-state index contributed by atoms with van der Waals surface area (Å²) in [5.74, 6) is 1.45. The summed E-state index contributed by atoms with van der Waals surface area (Å²) in [4.78, 5) is 27.9. The molecule has 1 aliphatic heterocycles. The molecule has 1 saturated heterocycles. The van der Waals surface area contributed by atoms with Crippen LogP contribution in [0, 0.1) is 0 Å². The number of carbonyl (C=O) groups is 2. The van der Waals surface area contributed by atoms with E-state index in [0.717, 1.165) is 42.6 Å². The van der Waals surface area contributed by atoms with Gasteiger partial charge in [-0.2, -0.15) is 0 Å². The molecule has 1 N–H and O–H groups in total. The fourth-order valence-electron chi connectivity index (χ4n) is 3.24. The van der Waals surface area contributed by atoms with E-state index in [0.29, 0.717) is 0 Å². The summed E-state index contributed by atoms with van der Waals surface area (Å²) in [6.45, 7) is 1.77. The molecule has 10 heteroatoms. The second-order valence-electron chi connectivity index (χ2n) is 7.77.